The normalized spacial score (nSPS) is 14.9. The van der Waals surface area contributed by atoms with Crippen LogP contribution in [0.1, 0.15) is 37.9 Å². The lowest BCUT2D eigenvalue weighted by Gasteiger charge is -2.16. The van der Waals surface area contributed by atoms with Crippen molar-refractivity contribution in [3.05, 3.63) is 29.3 Å². The van der Waals surface area contributed by atoms with E-state index in [2.05, 4.69) is 29.7 Å². The third-order valence-corrected chi connectivity index (χ3v) is 3.23. The van der Waals surface area contributed by atoms with E-state index < -0.39 is 0 Å². The monoisotopic (exact) mass is 262 g/mol. The summed E-state index contributed by atoms with van der Waals surface area (Å²) in [5.74, 6) is 1.03. The van der Waals surface area contributed by atoms with Crippen LogP contribution in [0, 0.1) is 0 Å². The number of amides is 1. The molecule has 1 unspecified atom stereocenters. The summed E-state index contributed by atoms with van der Waals surface area (Å²) >= 11 is 0. The third-order valence-electron chi connectivity index (χ3n) is 3.23. The van der Waals surface area contributed by atoms with E-state index in [0.717, 1.165) is 18.8 Å². The van der Waals surface area contributed by atoms with Crippen LogP contribution < -0.4 is 15.4 Å². The van der Waals surface area contributed by atoms with Gasteiger partial charge in [-0.15, -0.1) is 0 Å². The minimum atomic E-state index is 0.0337. The summed E-state index contributed by atoms with van der Waals surface area (Å²) in [7, 11) is 0. The molecule has 0 bridgehead atoms. The van der Waals surface area contributed by atoms with E-state index in [-0.39, 0.29) is 18.0 Å². The molecule has 2 rings (SSSR count). The second kappa shape index (κ2) is 6.06. The van der Waals surface area contributed by atoms with Gasteiger partial charge in [0.05, 0.1) is 13.2 Å². The highest BCUT2D eigenvalue weighted by molar-refractivity contribution is 5.78. The fourth-order valence-corrected chi connectivity index (χ4v) is 2.21. The average molecular weight is 262 g/mol. The van der Waals surface area contributed by atoms with Crippen LogP contribution in [0.2, 0.25) is 0 Å². The number of carbonyl (C=O) groups excluding carboxylic acids is 1. The molecule has 4 heteroatoms. The maximum atomic E-state index is 11.6. The second-order valence-electron chi connectivity index (χ2n) is 5.29. The molecule has 2 N–H and O–H groups in total. The van der Waals surface area contributed by atoms with Gasteiger partial charge in [-0.25, -0.2) is 0 Å². The minimum Gasteiger partial charge on any atom is -0.493 e. The van der Waals surface area contributed by atoms with Gasteiger partial charge >= 0.3 is 0 Å². The maximum absolute atomic E-state index is 11.6. The number of carbonyl (C=O) groups is 1. The number of nitrogens with one attached hydrogen (secondary N) is 2. The van der Waals surface area contributed by atoms with Crippen molar-refractivity contribution in [2.75, 3.05) is 13.2 Å². The number of ether oxygens (including phenoxy) is 1. The van der Waals surface area contributed by atoms with Crippen LogP contribution in [0.15, 0.2) is 18.2 Å². The number of hydrogen-bond acceptors (Lipinski definition) is 3. The molecule has 1 atom stereocenters. The van der Waals surface area contributed by atoms with E-state index in [1.54, 1.807) is 0 Å². The van der Waals surface area contributed by atoms with Gasteiger partial charge in [-0.05, 0) is 38.0 Å². The van der Waals surface area contributed by atoms with Crippen molar-refractivity contribution in [3.8, 4) is 5.75 Å². The molecular weight excluding hydrogens is 240 g/mol. The second-order valence-corrected chi connectivity index (χ2v) is 5.29. The molecule has 1 aromatic rings. The van der Waals surface area contributed by atoms with Gasteiger partial charge in [0.2, 0.25) is 5.91 Å². The Morgan fingerprint density at radius 1 is 1.37 bits per heavy atom. The van der Waals surface area contributed by atoms with Crippen molar-refractivity contribution in [2.45, 2.75) is 39.3 Å². The summed E-state index contributed by atoms with van der Waals surface area (Å²) in [5.41, 5.74) is 2.46. The first-order chi connectivity index (χ1) is 9.06. The third kappa shape index (κ3) is 3.70. The lowest BCUT2D eigenvalue weighted by molar-refractivity contribution is -0.120. The predicted octanol–water partition coefficient (Wildman–Crippen LogP) is 1.80. The van der Waals surface area contributed by atoms with Crippen LogP contribution in [-0.4, -0.2) is 25.1 Å². The van der Waals surface area contributed by atoms with Crippen LogP contribution in [-0.2, 0) is 11.2 Å². The Balaban J connectivity index is 1.89. The van der Waals surface area contributed by atoms with Gasteiger partial charge in [-0.1, -0.05) is 12.1 Å². The molecule has 1 aliphatic heterocycles. The van der Waals surface area contributed by atoms with Crippen molar-refractivity contribution in [1.82, 2.24) is 10.6 Å². The number of hydrogen-bond donors (Lipinski definition) is 2. The van der Waals surface area contributed by atoms with Gasteiger partial charge < -0.3 is 15.4 Å². The minimum absolute atomic E-state index is 0.0337. The molecule has 0 aromatic heterocycles. The highest BCUT2D eigenvalue weighted by atomic mass is 16.5. The standard InChI is InChI=1S/C15H22N2O2/c1-10(2)17-15(18)9-16-11(3)12-4-5-14-13(8-12)6-7-19-14/h4-5,8,10-11,16H,6-7,9H2,1-3H3,(H,17,18). The first-order valence-corrected chi connectivity index (χ1v) is 6.84. The summed E-state index contributed by atoms with van der Waals surface area (Å²) in [6.07, 6.45) is 0.976. The van der Waals surface area contributed by atoms with Crippen molar-refractivity contribution < 1.29 is 9.53 Å². The molecule has 0 radical (unpaired) electrons. The average Bonchev–Trinajstić information content (AvgIpc) is 2.82. The first-order valence-electron chi connectivity index (χ1n) is 6.84. The Bertz CT molecular complexity index is 457. The van der Waals surface area contributed by atoms with Gasteiger partial charge in [0.15, 0.2) is 0 Å². The molecule has 0 aliphatic carbocycles. The molecule has 0 saturated heterocycles. The van der Waals surface area contributed by atoms with Crippen LogP contribution in [0.3, 0.4) is 0 Å². The quantitative estimate of drug-likeness (QED) is 0.850. The zero-order valence-corrected chi connectivity index (χ0v) is 11.8. The van der Waals surface area contributed by atoms with Gasteiger partial charge in [0, 0.05) is 18.5 Å². The Kier molecular flexibility index (Phi) is 4.43. The van der Waals surface area contributed by atoms with E-state index in [4.69, 9.17) is 4.74 Å². The number of benzene rings is 1. The Morgan fingerprint density at radius 2 is 2.16 bits per heavy atom. The highest BCUT2D eigenvalue weighted by Crippen LogP contribution is 2.27. The fourth-order valence-electron chi connectivity index (χ4n) is 2.21. The molecule has 4 nitrogen and oxygen atoms in total. The van der Waals surface area contributed by atoms with Gasteiger partial charge in [-0.3, -0.25) is 4.79 Å². The van der Waals surface area contributed by atoms with Gasteiger partial charge in [0.25, 0.3) is 0 Å². The lowest BCUT2D eigenvalue weighted by atomic mass is 10.0. The summed E-state index contributed by atoms with van der Waals surface area (Å²) in [4.78, 5) is 11.6. The largest absolute Gasteiger partial charge is 0.493 e. The SMILES string of the molecule is CC(C)NC(=O)CNC(C)c1ccc2c(c1)CCO2. The van der Waals surface area contributed by atoms with E-state index in [1.165, 1.54) is 11.1 Å². The molecule has 104 valence electrons. The molecule has 1 aromatic carbocycles. The zero-order chi connectivity index (χ0) is 13.8. The lowest BCUT2D eigenvalue weighted by Crippen LogP contribution is -2.38. The van der Waals surface area contributed by atoms with Crippen LogP contribution in [0.5, 0.6) is 5.75 Å². The summed E-state index contributed by atoms with van der Waals surface area (Å²) < 4.78 is 5.49. The van der Waals surface area contributed by atoms with Crippen molar-refractivity contribution in [1.29, 1.82) is 0 Å². The fraction of sp³-hybridized carbons (Fsp3) is 0.533. The molecule has 0 fully saturated rings. The highest BCUT2D eigenvalue weighted by Gasteiger charge is 2.15. The number of rotatable bonds is 5. The van der Waals surface area contributed by atoms with Crippen molar-refractivity contribution in [2.24, 2.45) is 0 Å². The van der Waals surface area contributed by atoms with Gasteiger partial charge in [-0.2, -0.15) is 0 Å². The van der Waals surface area contributed by atoms with E-state index in [9.17, 15) is 4.79 Å². The number of fused-ring (bicyclic) bond motifs is 1. The Hall–Kier alpha value is -1.55. The molecule has 0 saturated carbocycles. The van der Waals surface area contributed by atoms with Crippen molar-refractivity contribution in [3.63, 3.8) is 0 Å². The molecular formula is C15H22N2O2. The zero-order valence-electron chi connectivity index (χ0n) is 11.8. The summed E-state index contributed by atoms with van der Waals surface area (Å²) in [6, 6.07) is 6.58. The summed E-state index contributed by atoms with van der Waals surface area (Å²) in [6.45, 7) is 7.11. The smallest absolute Gasteiger partial charge is 0.234 e. The molecule has 1 amide bonds. The van der Waals surface area contributed by atoms with Crippen LogP contribution >= 0.6 is 0 Å². The topological polar surface area (TPSA) is 50.4 Å². The van der Waals surface area contributed by atoms with Crippen LogP contribution in [0.4, 0.5) is 0 Å². The van der Waals surface area contributed by atoms with Crippen molar-refractivity contribution >= 4 is 5.91 Å². The molecule has 19 heavy (non-hydrogen) atoms. The Labute approximate surface area is 114 Å². The molecule has 1 aliphatic rings. The van der Waals surface area contributed by atoms with E-state index in [0.29, 0.717) is 6.54 Å². The Morgan fingerprint density at radius 3 is 2.89 bits per heavy atom. The summed E-state index contributed by atoms with van der Waals surface area (Å²) in [5, 5.41) is 6.11. The van der Waals surface area contributed by atoms with E-state index in [1.807, 2.05) is 19.9 Å². The first kappa shape index (κ1) is 13.9. The van der Waals surface area contributed by atoms with Crippen LogP contribution in [0.25, 0.3) is 0 Å². The molecule has 1 heterocycles. The van der Waals surface area contributed by atoms with E-state index >= 15 is 0 Å². The molecule has 0 spiro atoms. The van der Waals surface area contributed by atoms with Gasteiger partial charge in [0.1, 0.15) is 5.75 Å². The maximum Gasteiger partial charge on any atom is 0.234 e. The predicted molar refractivity (Wildman–Crippen MR) is 75.3 cm³/mol.